The summed E-state index contributed by atoms with van der Waals surface area (Å²) in [6.45, 7) is 0. The first-order valence-electron chi connectivity index (χ1n) is 8.05. The molecular weight excluding hydrogens is 388 g/mol. The molecule has 1 saturated carbocycles. The molecule has 4 rings (SSSR count). The van der Waals surface area contributed by atoms with E-state index in [0.717, 1.165) is 46.5 Å². The number of benzene rings is 2. The maximum Gasteiger partial charge on any atom is 0.258 e. The van der Waals surface area contributed by atoms with Crippen LogP contribution in [0.3, 0.4) is 0 Å². The van der Waals surface area contributed by atoms with Crippen LogP contribution in [0.2, 0.25) is 5.02 Å². The Bertz CT molecular complexity index is 959. The maximum atomic E-state index is 12.6. The van der Waals surface area contributed by atoms with Crippen LogP contribution >= 0.6 is 27.5 Å². The molecule has 5 heteroatoms. The summed E-state index contributed by atoms with van der Waals surface area (Å²) < 4.78 is 0.922. The number of rotatable bonds is 2. The lowest BCUT2D eigenvalue weighted by Crippen LogP contribution is -2.29. The first-order valence-corrected chi connectivity index (χ1v) is 9.22. The lowest BCUT2D eigenvalue weighted by Gasteiger charge is -2.28. The van der Waals surface area contributed by atoms with Gasteiger partial charge in [0.15, 0.2) is 0 Å². The van der Waals surface area contributed by atoms with Crippen molar-refractivity contribution in [2.45, 2.75) is 31.1 Å². The summed E-state index contributed by atoms with van der Waals surface area (Å²) in [6.07, 6.45) is 4.22. The molecule has 3 nitrogen and oxygen atoms in total. The fraction of sp³-hybridized carbons (Fsp3) is 0.263. The number of aromatic amines is 1. The molecule has 122 valence electrons. The highest BCUT2D eigenvalue weighted by atomic mass is 79.9. The zero-order valence-corrected chi connectivity index (χ0v) is 15.3. The van der Waals surface area contributed by atoms with Crippen molar-refractivity contribution in [3.05, 3.63) is 73.7 Å². The Labute approximate surface area is 153 Å². The van der Waals surface area contributed by atoms with Gasteiger partial charge in [-0.3, -0.25) is 4.79 Å². The van der Waals surface area contributed by atoms with Gasteiger partial charge in [0.1, 0.15) is 5.82 Å². The topological polar surface area (TPSA) is 45.8 Å². The van der Waals surface area contributed by atoms with Gasteiger partial charge in [-0.15, -0.1) is 0 Å². The predicted octanol–water partition coefficient (Wildman–Crippen LogP) is 5.20. The van der Waals surface area contributed by atoms with Crippen LogP contribution in [-0.4, -0.2) is 9.97 Å². The number of halogens is 2. The van der Waals surface area contributed by atoms with Crippen LogP contribution in [0, 0.1) is 0 Å². The second-order valence-corrected chi connectivity index (χ2v) is 7.72. The number of H-pyrrole nitrogens is 1. The van der Waals surface area contributed by atoms with Crippen LogP contribution in [-0.2, 0) is 5.41 Å². The zero-order valence-electron chi connectivity index (χ0n) is 13.0. The van der Waals surface area contributed by atoms with Crippen molar-refractivity contribution in [2.24, 2.45) is 0 Å². The van der Waals surface area contributed by atoms with E-state index in [2.05, 4.69) is 33.0 Å². The lowest BCUT2D eigenvalue weighted by atomic mass is 9.78. The normalized spacial score (nSPS) is 16.6. The Kier molecular flexibility index (Phi) is 3.97. The molecule has 0 radical (unpaired) electrons. The minimum atomic E-state index is -0.236. The van der Waals surface area contributed by atoms with Gasteiger partial charge in [0.2, 0.25) is 0 Å². The molecule has 0 aliphatic heterocycles. The third-order valence-electron chi connectivity index (χ3n) is 4.98. The van der Waals surface area contributed by atoms with E-state index in [1.165, 1.54) is 5.56 Å². The predicted molar refractivity (Wildman–Crippen MR) is 101 cm³/mol. The number of nitrogens with zero attached hydrogens (tertiary/aromatic N) is 1. The van der Waals surface area contributed by atoms with Crippen LogP contribution in [0.4, 0.5) is 0 Å². The molecular formula is C19H16BrClN2O. The summed E-state index contributed by atoms with van der Waals surface area (Å²) in [4.78, 5) is 20.4. The largest absolute Gasteiger partial charge is 0.309 e. The minimum absolute atomic E-state index is 0.0808. The molecule has 0 unspecified atom stereocenters. The van der Waals surface area contributed by atoms with Crippen molar-refractivity contribution in [3.63, 3.8) is 0 Å². The Morgan fingerprint density at radius 1 is 1.08 bits per heavy atom. The molecule has 0 amide bonds. The summed E-state index contributed by atoms with van der Waals surface area (Å²) >= 11 is 9.52. The molecule has 1 aromatic heterocycles. The molecule has 1 aliphatic rings. The lowest BCUT2D eigenvalue weighted by molar-refractivity contribution is 0.500. The molecule has 0 spiro atoms. The van der Waals surface area contributed by atoms with E-state index in [-0.39, 0.29) is 11.0 Å². The van der Waals surface area contributed by atoms with Gasteiger partial charge in [-0.05, 0) is 48.7 Å². The van der Waals surface area contributed by atoms with E-state index in [0.29, 0.717) is 5.39 Å². The second kappa shape index (κ2) is 6.01. The Morgan fingerprint density at radius 3 is 2.50 bits per heavy atom. The molecule has 1 aliphatic carbocycles. The zero-order chi connectivity index (χ0) is 16.7. The highest BCUT2D eigenvalue weighted by molar-refractivity contribution is 9.10. The monoisotopic (exact) mass is 402 g/mol. The van der Waals surface area contributed by atoms with Gasteiger partial charge in [-0.1, -0.05) is 52.5 Å². The summed E-state index contributed by atoms with van der Waals surface area (Å²) in [5.41, 5.74) is 1.58. The maximum absolute atomic E-state index is 12.6. The fourth-order valence-corrected chi connectivity index (χ4v) is 4.22. The molecule has 1 fully saturated rings. The first-order chi connectivity index (χ1) is 11.6. The van der Waals surface area contributed by atoms with Gasteiger partial charge in [-0.2, -0.15) is 0 Å². The molecule has 0 atom stereocenters. The Hall–Kier alpha value is -1.65. The van der Waals surface area contributed by atoms with Gasteiger partial charge < -0.3 is 4.98 Å². The smallest absolute Gasteiger partial charge is 0.258 e. The highest BCUT2D eigenvalue weighted by Crippen LogP contribution is 2.45. The summed E-state index contributed by atoms with van der Waals surface area (Å²) in [6, 6.07) is 13.5. The summed E-state index contributed by atoms with van der Waals surface area (Å²) in [5, 5.41) is 1.34. The van der Waals surface area contributed by atoms with Gasteiger partial charge in [0.05, 0.1) is 16.3 Å². The standard InChI is InChI=1S/C19H16BrClN2O/c20-13-5-8-15-16(11-13)22-18(23-17(15)24)19(9-1-2-10-19)12-3-6-14(21)7-4-12/h3-8,11H,1-2,9-10H2,(H,22,23,24). The van der Waals surface area contributed by atoms with E-state index < -0.39 is 0 Å². The van der Waals surface area contributed by atoms with E-state index in [4.69, 9.17) is 16.6 Å². The van der Waals surface area contributed by atoms with Crippen LogP contribution in [0.25, 0.3) is 10.9 Å². The summed E-state index contributed by atoms with van der Waals surface area (Å²) in [5.74, 6) is 0.762. The quantitative estimate of drug-likeness (QED) is 0.639. The van der Waals surface area contributed by atoms with Crippen molar-refractivity contribution in [2.75, 3.05) is 0 Å². The van der Waals surface area contributed by atoms with Crippen molar-refractivity contribution in [3.8, 4) is 0 Å². The van der Waals surface area contributed by atoms with Crippen molar-refractivity contribution in [1.82, 2.24) is 9.97 Å². The average molecular weight is 404 g/mol. The number of hydrogen-bond donors (Lipinski definition) is 1. The van der Waals surface area contributed by atoms with Gasteiger partial charge >= 0.3 is 0 Å². The van der Waals surface area contributed by atoms with Gasteiger partial charge in [0, 0.05) is 9.50 Å². The number of fused-ring (bicyclic) bond motifs is 1. The van der Waals surface area contributed by atoms with Crippen molar-refractivity contribution in [1.29, 1.82) is 0 Å². The molecule has 1 N–H and O–H groups in total. The molecule has 1 heterocycles. The Balaban J connectivity index is 1.95. The van der Waals surface area contributed by atoms with Crippen molar-refractivity contribution < 1.29 is 0 Å². The number of nitrogens with one attached hydrogen (secondary N) is 1. The molecule has 3 aromatic rings. The van der Waals surface area contributed by atoms with Crippen molar-refractivity contribution >= 4 is 38.4 Å². The van der Waals surface area contributed by atoms with Gasteiger partial charge in [0.25, 0.3) is 5.56 Å². The second-order valence-electron chi connectivity index (χ2n) is 6.37. The van der Waals surface area contributed by atoms with Crippen LogP contribution < -0.4 is 5.56 Å². The molecule has 2 aromatic carbocycles. The fourth-order valence-electron chi connectivity index (χ4n) is 3.75. The van der Waals surface area contributed by atoms with Crippen LogP contribution in [0.15, 0.2) is 51.7 Å². The number of aromatic nitrogens is 2. The third kappa shape index (κ3) is 2.58. The Morgan fingerprint density at radius 2 is 1.79 bits per heavy atom. The molecule has 0 saturated heterocycles. The molecule has 24 heavy (non-hydrogen) atoms. The molecule has 0 bridgehead atoms. The minimum Gasteiger partial charge on any atom is -0.309 e. The van der Waals surface area contributed by atoms with E-state index >= 15 is 0 Å². The number of hydrogen-bond acceptors (Lipinski definition) is 2. The van der Waals surface area contributed by atoms with Gasteiger partial charge in [-0.25, -0.2) is 4.98 Å². The van der Waals surface area contributed by atoms with Crippen LogP contribution in [0.1, 0.15) is 37.1 Å². The average Bonchev–Trinajstić information content (AvgIpc) is 3.06. The highest BCUT2D eigenvalue weighted by Gasteiger charge is 2.39. The van der Waals surface area contributed by atoms with E-state index in [1.54, 1.807) is 6.07 Å². The first kappa shape index (κ1) is 15.9. The SMILES string of the molecule is O=c1[nH]c(C2(c3ccc(Cl)cc3)CCCC2)nc2cc(Br)ccc12. The van der Waals surface area contributed by atoms with E-state index in [1.807, 2.05) is 24.3 Å². The van der Waals surface area contributed by atoms with Crippen LogP contribution in [0.5, 0.6) is 0 Å². The third-order valence-corrected chi connectivity index (χ3v) is 5.72. The summed E-state index contributed by atoms with van der Waals surface area (Å²) in [7, 11) is 0. The van der Waals surface area contributed by atoms with E-state index in [9.17, 15) is 4.79 Å².